The summed E-state index contributed by atoms with van der Waals surface area (Å²) in [5.41, 5.74) is 0. The average Bonchev–Trinajstić information content (AvgIpc) is 3.40. The van der Waals surface area contributed by atoms with E-state index in [9.17, 15) is 14.4 Å². The quantitative estimate of drug-likeness (QED) is 0.0261. The second kappa shape index (κ2) is 61.1. The predicted molar refractivity (Wildman–Crippen MR) is 320 cm³/mol. The third kappa shape index (κ3) is 58.4. The Morgan fingerprint density at radius 3 is 0.851 bits per heavy atom. The minimum Gasteiger partial charge on any atom is -0.462 e. The van der Waals surface area contributed by atoms with Gasteiger partial charge in [0, 0.05) is 19.3 Å². The Morgan fingerprint density at radius 1 is 0.284 bits per heavy atom. The lowest BCUT2D eigenvalue weighted by Gasteiger charge is -2.18. The maximum atomic E-state index is 12.9. The molecular formula is C68H110O6. The Kier molecular flexibility index (Phi) is 57.4. The van der Waals surface area contributed by atoms with Crippen LogP contribution in [0.5, 0.6) is 0 Å². The molecule has 0 aromatic rings. The van der Waals surface area contributed by atoms with Crippen LogP contribution < -0.4 is 0 Å². The van der Waals surface area contributed by atoms with E-state index in [-0.39, 0.29) is 37.5 Å². The van der Waals surface area contributed by atoms with Crippen LogP contribution in [0.15, 0.2) is 134 Å². The number of allylic oxidation sites excluding steroid dienone is 22. The molecule has 0 aliphatic carbocycles. The summed E-state index contributed by atoms with van der Waals surface area (Å²) in [5, 5.41) is 0. The first-order chi connectivity index (χ1) is 36.5. The number of esters is 3. The Bertz CT molecular complexity index is 1600. The van der Waals surface area contributed by atoms with Gasteiger partial charge in [-0.05, 0) is 116 Å². The first-order valence-corrected chi connectivity index (χ1v) is 30.2. The number of hydrogen-bond acceptors (Lipinski definition) is 6. The van der Waals surface area contributed by atoms with Gasteiger partial charge in [-0.2, -0.15) is 0 Å². The summed E-state index contributed by atoms with van der Waals surface area (Å²) in [7, 11) is 0. The van der Waals surface area contributed by atoms with E-state index in [2.05, 4.69) is 154 Å². The lowest BCUT2D eigenvalue weighted by molar-refractivity contribution is -0.167. The number of carbonyl (C=O) groups excluding carboxylic acids is 3. The second-order valence-electron chi connectivity index (χ2n) is 19.5. The molecule has 1 unspecified atom stereocenters. The zero-order chi connectivity index (χ0) is 53.6. The van der Waals surface area contributed by atoms with Gasteiger partial charge < -0.3 is 14.2 Å². The van der Waals surface area contributed by atoms with Crippen LogP contribution in [-0.4, -0.2) is 37.2 Å². The Labute approximate surface area is 455 Å². The topological polar surface area (TPSA) is 78.9 Å². The van der Waals surface area contributed by atoms with Crippen LogP contribution in [0.25, 0.3) is 0 Å². The van der Waals surface area contributed by atoms with Crippen molar-refractivity contribution in [2.45, 2.75) is 264 Å². The van der Waals surface area contributed by atoms with Crippen molar-refractivity contribution in [3.63, 3.8) is 0 Å². The highest BCUT2D eigenvalue weighted by Gasteiger charge is 2.19. The second-order valence-corrected chi connectivity index (χ2v) is 19.5. The zero-order valence-corrected chi connectivity index (χ0v) is 47.8. The number of ether oxygens (including phenoxy) is 3. The van der Waals surface area contributed by atoms with Gasteiger partial charge in [0.15, 0.2) is 6.10 Å². The third-order valence-corrected chi connectivity index (χ3v) is 12.4. The first kappa shape index (κ1) is 69.5. The summed E-state index contributed by atoms with van der Waals surface area (Å²) in [6.07, 6.45) is 85.9. The molecule has 0 radical (unpaired) electrons. The van der Waals surface area contributed by atoms with Gasteiger partial charge in [-0.15, -0.1) is 0 Å². The molecule has 0 saturated heterocycles. The molecule has 1 atom stereocenters. The lowest BCUT2D eigenvalue weighted by atomic mass is 10.0. The summed E-state index contributed by atoms with van der Waals surface area (Å²) >= 11 is 0. The van der Waals surface area contributed by atoms with Crippen molar-refractivity contribution in [3.8, 4) is 0 Å². The van der Waals surface area contributed by atoms with Gasteiger partial charge in [0.25, 0.3) is 0 Å². The fourth-order valence-corrected chi connectivity index (χ4v) is 7.94. The number of unbranched alkanes of at least 4 members (excludes halogenated alkanes) is 20. The van der Waals surface area contributed by atoms with E-state index in [0.717, 1.165) is 122 Å². The molecule has 0 N–H and O–H groups in total. The Hall–Kier alpha value is -4.45. The fraction of sp³-hybridized carbons (Fsp3) is 0.632. The zero-order valence-electron chi connectivity index (χ0n) is 47.8. The smallest absolute Gasteiger partial charge is 0.306 e. The number of rotatable bonds is 53. The van der Waals surface area contributed by atoms with Crippen molar-refractivity contribution in [1.82, 2.24) is 0 Å². The molecule has 0 saturated carbocycles. The molecule has 0 aromatic carbocycles. The Morgan fingerprint density at radius 2 is 0.527 bits per heavy atom. The summed E-state index contributed by atoms with van der Waals surface area (Å²) in [6, 6.07) is 0. The molecule has 0 rings (SSSR count). The van der Waals surface area contributed by atoms with E-state index in [0.29, 0.717) is 25.7 Å². The average molecular weight is 1020 g/mol. The highest BCUT2D eigenvalue weighted by atomic mass is 16.6. The van der Waals surface area contributed by atoms with Crippen molar-refractivity contribution in [2.24, 2.45) is 0 Å². The lowest BCUT2D eigenvalue weighted by Crippen LogP contribution is -2.30. The van der Waals surface area contributed by atoms with Gasteiger partial charge in [0.05, 0.1) is 0 Å². The van der Waals surface area contributed by atoms with Gasteiger partial charge in [-0.1, -0.05) is 257 Å². The van der Waals surface area contributed by atoms with E-state index >= 15 is 0 Å². The van der Waals surface area contributed by atoms with Gasteiger partial charge in [0.1, 0.15) is 13.2 Å². The highest BCUT2D eigenvalue weighted by Crippen LogP contribution is 2.15. The van der Waals surface area contributed by atoms with Gasteiger partial charge >= 0.3 is 17.9 Å². The molecule has 0 aliphatic rings. The molecule has 0 fully saturated rings. The molecule has 74 heavy (non-hydrogen) atoms. The van der Waals surface area contributed by atoms with Crippen molar-refractivity contribution in [1.29, 1.82) is 0 Å². The van der Waals surface area contributed by atoms with Crippen molar-refractivity contribution >= 4 is 17.9 Å². The fourth-order valence-electron chi connectivity index (χ4n) is 7.94. The molecule has 0 aliphatic heterocycles. The maximum absolute atomic E-state index is 12.9. The van der Waals surface area contributed by atoms with Crippen LogP contribution in [0.1, 0.15) is 258 Å². The SMILES string of the molecule is CC/C=C\C/C=C\C/C=C\C/C=C\C/C=C\C/C=C\CCCCC(=O)OCC(COC(=O)CCCCCCCCCCCCCCCCCC)OC(=O)CCCCC/C=C\C/C=C\C/C=C\C/C=C\C/C=C\CC. The van der Waals surface area contributed by atoms with Crippen molar-refractivity contribution < 1.29 is 28.6 Å². The van der Waals surface area contributed by atoms with Gasteiger partial charge in [0.2, 0.25) is 0 Å². The molecule has 0 bridgehead atoms. The van der Waals surface area contributed by atoms with Gasteiger partial charge in [-0.25, -0.2) is 0 Å². The van der Waals surface area contributed by atoms with E-state index in [1.165, 1.54) is 83.5 Å². The Balaban J connectivity index is 4.54. The van der Waals surface area contributed by atoms with Crippen LogP contribution in [0.3, 0.4) is 0 Å². The monoisotopic (exact) mass is 1020 g/mol. The molecular weight excluding hydrogens is 913 g/mol. The van der Waals surface area contributed by atoms with E-state index in [1.54, 1.807) is 0 Å². The van der Waals surface area contributed by atoms with Crippen LogP contribution in [0.4, 0.5) is 0 Å². The molecule has 6 heteroatoms. The number of carbonyl (C=O) groups is 3. The standard InChI is InChI=1S/C68H110O6/c1-4-7-10-13-16-19-22-25-28-31-33-34-36-37-40-43-46-49-52-55-58-61-67(70)73-64-65(63-72-66(69)60-57-54-51-48-45-42-39-30-27-24-21-18-15-12-9-6-3)74-68(71)62-59-56-53-50-47-44-41-38-35-32-29-26-23-20-17-14-11-8-5-2/h7-8,10-11,16-17,19-20,25-26,28-29,33-35,37-38,40,44,46-47,49,65H,4-6,9,12-15,18,21-24,27,30-32,36,39,41-43,45,48,50-64H2,1-3H3/b10-7-,11-8-,19-16-,20-17-,28-25-,29-26-,34-33-,38-35-,40-37-,47-44-,49-46-. The summed E-state index contributed by atoms with van der Waals surface area (Å²) in [6.45, 7) is 6.36. The molecule has 0 heterocycles. The summed E-state index contributed by atoms with van der Waals surface area (Å²) in [4.78, 5) is 38.3. The summed E-state index contributed by atoms with van der Waals surface area (Å²) in [5.74, 6) is -0.985. The van der Waals surface area contributed by atoms with E-state index < -0.39 is 6.10 Å². The van der Waals surface area contributed by atoms with Crippen LogP contribution in [0.2, 0.25) is 0 Å². The molecule has 418 valence electrons. The largest absolute Gasteiger partial charge is 0.462 e. The summed E-state index contributed by atoms with van der Waals surface area (Å²) < 4.78 is 16.8. The first-order valence-electron chi connectivity index (χ1n) is 30.2. The van der Waals surface area contributed by atoms with Crippen LogP contribution in [-0.2, 0) is 28.6 Å². The minimum absolute atomic E-state index is 0.108. The third-order valence-electron chi connectivity index (χ3n) is 12.4. The molecule has 6 nitrogen and oxygen atoms in total. The maximum Gasteiger partial charge on any atom is 0.306 e. The van der Waals surface area contributed by atoms with Crippen LogP contribution >= 0.6 is 0 Å². The predicted octanol–water partition coefficient (Wildman–Crippen LogP) is 20.6. The highest BCUT2D eigenvalue weighted by molar-refractivity contribution is 5.71. The van der Waals surface area contributed by atoms with Gasteiger partial charge in [-0.3, -0.25) is 14.4 Å². The van der Waals surface area contributed by atoms with Crippen molar-refractivity contribution in [2.75, 3.05) is 13.2 Å². The molecule has 0 spiro atoms. The normalized spacial score (nSPS) is 13.1. The minimum atomic E-state index is -0.818. The van der Waals surface area contributed by atoms with E-state index in [4.69, 9.17) is 14.2 Å². The molecule has 0 amide bonds. The number of hydrogen-bond donors (Lipinski definition) is 0. The molecule has 0 aromatic heterocycles. The van der Waals surface area contributed by atoms with E-state index in [1.807, 2.05) is 0 Å². The van der Waals surface area contributed by atoms with Crippen molar-refractivity contribution in [3.05, 3.63) is 134 Å². The van der Waals surface area contributed by atoms with Crippen LogP contribution in [0, 0.1) is 0 Å².